The molecule has 2 aromatic carbocycles. The van der Waals surface area contributed by atoms with Gasteiger partial charge in [0.2, 0.25) is 0 Å². The molecule has 1 N–H and O–H groups in total. The van der Waals surface area contributed by atoms with Crippen molar-refractivity contribution in [3.8, 4) is 17.2 Å². The molecule has 1 amide bonds. The van der Waals surface area contributed by atoms with Gasteiger partial charge in [-0.15, -0.1) is 0 Å². The number of ether oxygens (including phenoxy) is 2. The fourth-order valence-corrected chi connectivity index (χ4v) is 4.08. The number of phenols is 1. The van der Waals surface area contributed by atoms with Gasteiger partial charge in [0, 0.05) is 0 Å². The molecule has 1 heterocycles. The maximum Gasteiger partial charge on any atom is 0.270 e. The van der Waals surface area contributed by atoms with Crippen molar-refractivity contribution in [1.29, 1.82) is 0 Å². The summed E-state index contributed by atoms with van der Waals surface area (Å²) < 4.78 is 10.9. The van der Waals surface area contributed by atoms with E-state index in [1.807, 2.05) is 6.92 Å². The van der Waals surface area contributed by atoms with Gasteiger partial charge in [-0.2, -0.15) is 0 Å². The Hall–Kier alpha value is -2.22. The van der Waals surface area contributed by atoms with Crippen molar-refractivity contribution in [2.75, 3.05) is 18.6 Å². The number of benzene rings is 2. The van der Waals surface area contributed by atoms with Crippen LogP contribution in [-0.4, -0.2) is 29.1 Å². The van der Waals surface area contributed by atoms with Crippen molar-refractivity contribution >= 4 is 57.6 Å². The quantitative estimate of drug-likeness (QED) is 0.549. The van der Waals surface area contributed by atoms with Crippen LogP contribution in [0.15, 0.2) is 41.3 Å². The molecular weight excluding hydrogens is 406 g/mol. The van der Waals surface area contributed by atoms with Gasteiger partial charge in [0.25, 0.3) is 5.91 Å². The average Bonchev–Trinajstić information content (AvgIpc) is 2.91. The molecule has 140 valence electrons. The molecule has 1 fully saturated rings. The fourth-order valence-electron chi connectivity index (χ4n) is 2.53. The largest absolute Gasteiger partial charge is 0.504 e. The molecule has 0 atom stereocenters. The van der Waals surface area contributed by atoms with Gasteiger partial charge in [0.1, 0.15) is 5.75 Å². The third-order valence-corrected chi connectivity index (χ3v) is 5.37. The second-order valence-electron chi connectivity index (χ2n) is 5.50. The second-order valence-corrected chi connectivity index (χ2v) is 7.58. The lowest BCUT2D eigenvalue weighted by atomic mass is 10.2. The minimum atomic E-state index is -0.239. The summed E-state index contributed by atoms with van der Waals surface area (Å²) in [7, 11) is 1.53. The molecule has 0 aromatic heterocycles. The lowest BCUT2D eigenvalue weighted by Crippen LogP contribution is -2.27. The summed E-state index contributed by atoms with van der Waals surface area (Å²) in [4.78, 5) is 14.8. The highest BCUT2D eigenvalue weighted by molar-refractivity contribution is 8.27. The number of thiocarbonyl (C=S) groups is 1. The standard InChI is InChI=1S/C19H16ClNO4S2/c1-3-25-16-8-11(4-6-14(16)22)9-17-18(23)21(19(26)27-17)12-5-7-15(24-2)13(20)10-12/h4-10,22H,3H2,1-2H3. The van der Waals surface area contributed by atoms with Gasteiger partial charge >= 0.3 is 0 Å². The van der Waals surface area contributed by atoms with Crippen LogP contribution in [0.2, 0.25) is 5.02 Å². The third kappa shape index (κ3) is 4.05. The Morgan fingerprint density at radius 3 is 2.70 bits per heavy atom. The van der Waals surface area contributed by atoms with Crippen molar-refractivity contribution < 1.29 is 19.4 Å². The molecule has 1 aliphatic heterocycles. The molecule has 27 heavy (non-hydrogen) atoms. The number of aromatic hydroxyl groups is 1. The molecule has 3 rings (SSSR count). The molecule has 0 unspecified atom stereocenters. The van der Waals surface area contributed by atoms with E-state index in [4.69, 9.17) is 33.3 Å². The number of rotatable bonds is 5. The summed E-state index contributed by atoms with van der Waals surface area (Å²) >= 11 is 12.7. The zero-order valence-corrected chi connectivity index (χ0v) is 17.0. The summed E-state index contributed by atoms with van der Waals surface area (Å²) in [6, 6.07) is 9.97. The van der Waals surface area contributed by atoms with Crippen molar-refractivity contribution in [3.05, 3.63) is 51.9 Å². The molecule has 1 aliphatic rings. The van der Waals surface area contributed by atoms with Crippen molar-refractivity contribution in [1.82, 2.24) is 0 Å². The van der Waals surface area contributed by atoms with Gasteiger partial charge in [-0.05, 0) is 48.9 Å². The highest BCUT2D eigenvalue weighted by Gasteiger charge is 2.33. The van der Waals surface area contributed by atoms with Crippen molar-refractivity contribution in [2.24, 2.45) is 0 Å². The van der Waals surface area contributed by atoms with E-state index in [1.165, 1.54) is 29.8 Å². The van der Waals surface area contributed by atoms with Gasteiger partial charge in [0.15, 0.2) is 15.8 Å². The van der Waals surface area contributed by atoms with E-state index >= 15 is 0 Å². The van der Waals surface area contributed by atoms with Gasteiger partial charge in [0.05, 0.1) is 29.3 Å². The van der Waals surface area contributed by atoms with E-state index < -0.39 is 0 Å². The first-order chi connectivity index (χ1) is 12.9. The van der Waals surface area contributed by atoms with Gasteiger partial charge < -0.3 is 14.6 Å². The van der Waals surface area contributed by atoms with Crippen LogP contribution in [0.25, 0.3) is 6.08 Å². The number of carbonyl (C=O) groups excluding carboxylic acids is 1. The van der Waals surface area contributed by atoms with E-state index in [0.717, 1.165) is 5.56 Å². The van der Waals surface area contributed by atoms with Gasteiger partial charge in [-0.1, -0.05) is 41.6 Å². The van der Waals surface area contributed by atoms with E-state index in [9.17, 15) is 9.90 Å². The van der Waals surface area contributed by atoms with Crippen molar-refractivity contribution in [2.45, 2.75) is 6.92 Å². The normalized spacial score (nSPS) is 15.5. The Balaban J connectivity index is 1.91. The molecule has 5 nitrogen and oxygen atoms in total. The van der Waals surface area contributed by atoms with E-state index in [2.05, 4.69) is 0 Å². The smallest absolute Gasteiger partial charge is 0.270 e. The fraction of sp³-hybridized carbons (Fsp3) is 0.158. The molecule has 0 saturated carbocycles. The van der Waals surface area contributed by atoms with Gasteiger partial charge in [-0.25, -0.2) is 0 Å². The Morgan fingerprint density at radius 1 is 1.26 bits per heavy atom. The van der Waals surface area contributed by atoms with Crippen LogP contribution < -0.4 is 14.4 Å². The molecule has 8 heteroatoms. The number of thioether (sulfide) groups is 1. The molecule has 0 aliphatic carbocycles. The molecule has 0 spiro atoms. The Kier molecular flexibility index (Phi) is 5.94. The maximum atomic E-state index is 12.9. The zero-order valence-electron chi connectivity index (χ0n) is 14.6. The summed E-state index contributed by atoms with van der Waals surface area (Å²) in [6.45, 7) is 2.26. The Bertz CT molecular complexity index is 945. The topological polar surface area (TPSA) is 59.0 Å². The minimum absolute atomic E-state index is 0.0504. The zero-order chi connectivity index (χ0) is 19.6. The number of halogens is 1. The second kappa shape index (κ2) is 8.21. The lowest BCUT2D eigenvalue weighted by molar-refractivity contribution is -0.113. The van der Waals surface area contributed by atoms with Crippen LogP contribution in [0, 0.1) is 0 Å². The van der Waals surface area contributed by atoms with E-state index in [-0.39, 0.29) is 11.7 Å². The first-order valence-electron chi connectivity index (χ1n) is 8.02. The summed E-state index contributed by atoms with van der Waals surface area (Å²) in [5, 5.41) is 10.2. The van der Waals surface area contributed by atoms with E-state index in [0.29, 0.717) is 38.0 Å². The van der Waals surface area contributed by atoms with Crippen LogP contribution in [0.5, 0.6) is 17.2 Å². The first-order valence-corrected chi connectivity index (χ1v) is 9.62. The SMILES string of the molecule is CCOc1cc(C=C2SC(=S)N(c3ccc(OC)c(Cl)c3)C2=O)ccc1O. The average molecular weight is 422 g/mol. The maximum absolute atomic E-state index is 12.9. The minimum Gasteiger partial charge on any atom is -0.504 e. The van der Waals surface area contributed by atoms with E-state index in [1.54, 1.807) is 36.4 Å². The summed E-state index contributed by atoms with van der Waals surface area (Å²) in [5.74, 6) is 0.698. The van der Waals surface area contributed by atoms with Crippen LogP contribution in [0.4, 0.5) is 5.69 Å². The molecular formula is C19H16ClNO4S2. The summed E-state index contributed by atoms with van der Waals surface area (Å²) in [5.41, 5.74) is 1.30. The van der Waals surface area contributed by atoms with Gasteiger partial charge in [-0.3, -0.25) is 9.69 Å². The predicted molar refractivity (Wildman–Crippen MR) is 113 cm³/mol. The Morgan fingerprint density at radius 2 is 2.04 bits per heavy atom. The number of anilines is 1. The highest BCUT2D eigenvalue weighted by Crippen LogP contribution is 2.39. The third-order valence-electron chi connectivity index (χ3n) is 3.77. The summed E-state index contributed by atoms with van der Waals surface area (Å²) in [6.07, 6.45) is 1.71. The predicted octanol–water partition coefficient (Wildman–Crippen LogP) is 4.86. The van der Waals surface area contributed by atoms with Crippen LogP contribution in [0.1, 0.15) is 12.5 Å². The first kappa shape index (κ1) is 19.5. The lowest BCUT2D eigenvalue weighted by Gasteiger charge is -2.15. The number of methoxy groups -OCH3 is 1. The van der Waals surface area contributed by atoms with Crippen LogP contribution in [0.3, 0.4) is 0 Å². The van der Waals surface area contributed by atoms with Crippen LogP contribution >= 0.6 is 35.6 Å². The molecule has 0 radical (unpaired) electrons. The van der Waals surface area contributed by atoms with Crippen molar-refractivity contribution in [3.63, 3.8) is 0 Å². The van der Waals surface area contributed by atoms with Crippen LogP contribution in [-0.2, 0) is 4.79 Å². The highest BCUT2D eigenvalue weighted by atomic mass is 35.5. The molecule has 1 saturated heterocycles. The Labute approximate surface area is 171 Å². The number of hydrogen-bond acceptors (Lipinski definition) is 6. The number of carbonyl (C=O) groups is 1. The number of hydrogen-bond donors (Lipinski definition) is 1. The number of amides is 1. The molecule has 2 aromatic rings. The molecule has 0 bridgehead atoms. The number of nitrogens with zero attached hydrogens (tertiary/aromatic N) is 1. The monoisotopic (exact) mass is 421 g/mol. The number of phenolic OH excluding ortho intramolecular Hbond substituents is 1.